The van der Waals surface area contributed by atoms with Crippen LogP contribution in [0.3, 0.4) is 0 Å². The molecule has 18 rings (SSSR count). The average molecular weight is 1760 g/mol. The number of carbonyl (C=O) groups is 4. The van der Waals surface area contributed by atoms with E-state index in [1.54, 1.807) is 116 Å². The van der Waals surface area contributed by atoms with Crippen LogP contribution in [0.5, 0.6) is 0 Å². The highest BCUT2D eigenvalue weighted by Gasteiger charge is 2.34. The minimum atomic E-state index is -3.98. The number of hydrogen-bond acceptors (Lipinski definition) is 17. The molecule has 0 aliphatic heterocycles. The molecule has 0 saturated carbocycles. The lowest BCUT2D eigenvalue weighted by molar-refractivity contribution is -0.151. The van der Waals surface area contributed by atoms with Crippen LogP contribution in [0.2, 0.25) is 15.1 Å². The van der Waals surface area contributed by atoms with E-state index in [1.165, 1.54) is 102 Å². The van der Waals surface area contributed by atoms with Gasteiger partial charge in [0.25, 0.3) is 16.7 Å². The number of nitrogens with one attached hydrogen (secondary N) is 5. The molecule has 31 nitrogen and oxygen atoms in total. The molecule has 0 aliphatic rings. The lowest BCUT2D eigenvalue weighted by Gasteiger charge is -2.14. The number of aromatic carboxylic acids is 2. The number of ketones is 1. The van der Waals surface area contributed by atoms with E-state index in [9.17, 15) is 75.4 Å². The second-order valence-corrected chi connectivity index (χ2v) is 33.0. The fraction of sp³-hybridized carbons (Fsp3) is 0.151. The highest BCUT2D eigenvalue weighted by Crippen LogP contribution is 2.39. The Balaban J connectivity index is 0.000000138. The molecule has 0 fully saturated rings. The minimum absolute atomic E-state index is 0.0747. The van der Waals surface area contributed by atoms with Crippen LogP contribution in [0.15, 0.2) is 193 Å². The number of aromatic nitrogens is 15. The summed E-state index contributed by atoms with van der Waals surface area (Å²) in [5, 5.41) is 30.4. The Hall–Kier alpha value is -14.5. The highest BCUT2D eigenvalue weighted by molar-refractivity contribution is 7.92. The molecule has 9 aromatic heterocycles. The van der Waals surface area contributed by atoms with Crippen molar-refractivity contribution in [2.75, 3.05) is 18.1 Å². The molecule has 9 N–H and O–H groups in total. The number of imidazole rings is 2. The molecular formula is C86H66Cl3F3N16O15S. The number of Topliss-reactive ketones (excluding diaryl/α,β-unsaturated/α-hetero) is 1. The predicted molar refractivity (Wildman–Crippen MR) is 462 cm³/mol. The van der Waals surface area contributed by atoms with Crippen molar-refractivity contribution in [1.82, 2.24) is 72.1 Å². The smallest absolute Gasteiger partial charge is 0.354 e. The number of hydrogen-bond donors (Lipinski definition) is 8. The zero-order valence-electron chi connectivity index (χ0n) is 65.5. The van der Waals surface area contributed by atoms with Crippen molar-refractivity contribution in [1.29, 1.82) is 0 Å². The van der Waals surface area contributed by atoms with Crippen LogP contribution >= 0.6 is 34.8 Å². The van der Waals surface area contributed by atoms with Crippen LogP contribution in [0.1, 0.15) is 78.7 Å². The van der Waals surface area contributed by atoms with E-state index in [4.69, 9.17) is 45.3 Å². The summed E-state index contributed by atoms with van der Waals surface area (Å²) >= 11 is 19.8. The van der Waals surface area contributed by atoms with Gasteiger partial charge >= 0.3 is 35.0 Å². The largest absolute Gasteiger partial charge is 0.477 e. The number of esters is 1. The molecule has 0 radical (unpaired) electrons. The monoisotopic (exact) mass is 1760 g/mol. The molecule has 0 saturated heterocycles. The van der Waals surface area contributed by atoms with Gasteiger partial charge in [-0.3, -0.25) is 33.6 Å². The number of para-hydroxylation sites is 3. The molecule has 0 atom stereocenters. The zero-order chi connectivity index (χ0) is 88.1. The summed E-state index contributed by atoms with van der Waals surface area (Å²) in [5.74, 6) is -7.62. The molecular weight excluding hydrogens is 1690 g/mol. The number of carboxylic acid groups (broad SMARTS) is 2. The van der Waals surface area contributed by atoms with Crippen LogP contribution in [0.25, 0.3) is 115 Å². The van der Waals surface area contributed by atoms with Gasteiger partial charge in [-0.15, -0.1) is 0 Å². The number of rotatable bonds is 19. The van der Waals surface area contributed by atoms with Crippen LogP contribution in [0.4, 0.5) is 13.2 Å². The van der Waals surface area contributed by atoms with Gasteiger partial charge in [0, 0.05) is 49.7 Å². The van der Waals surface area contributed by atoms with Crippen molar-refractivity contribution in [2.24, 2.45) is 11.7 Å². The molecule has 38 heteroatoms. The van der Waals surface area contributed by atoms with Gasteiger partial charge in [-0.05, 0) is 163 Å². The molecule has 18 aromatic rings. The van der Waals surface area contributed by atoms with Gasteiger partial charge in [0.15, 0.2) is 33.7 Å². The number of ether oxygens (including phenoxy) is 1. The molecule has 0 unspecified atom stereocenters. The summed E-state index contributed by atoms with van der Waals surface area (Å²) in [5.41, 5.74) is 5.72. The van der Waals surface area contributed by atoms with Gasteiger partial charge in [-0.2, -0.15) is 5.10 Å². The van der Waals surface area contributed by atoms with E-state index >= 15 is 4.39 Å². The predicted octanol–water partition coefficient (Wildman–Crippen LogP) is 12.6. The van der Waals surface area contributed by atoms with Crippen molar-refractivity contribution in [3.63, 3.8) is 0 Å². The average Bonchev–Trinajstić information content (AvgIpc) is 1.56. The Bertz CT molecular complexity index is 8150. The van der Waals surface area contributed by atoms with Crippen molar-refractivity contribution in [2.45, 2.75) is 61.0 Å². The lowest BCUT2D eigenvalue weighted by Crippen LogP contribution is -2.35. The number of halogens is 6. The SMILES string of the molecule is Cc1cc2c(-n3c(=O)[nH]c4ccccc4c3=O)c(C(=O)CS(=O)(=O)CCN)n(Cc3cc4cn[nH]c4cc3Cl)c2cc1F.Cc1cc2c(-n3c(=O)[nH]c4ccccc4c3=O)c(C(=O)O)n(Cc3cc4[nH]cnc4cc3Cl)c2cc1F.Cc1cc2c(-n3c(=O)[nH]c4ccccc4c3=O)c(C(=O)O)n(Cc3cc4ncn(COC(=O)C(C)C)c4cc3Cl)c2cc1F. The normalized spacial score (nSPS) is 11.8. The first kappa shape index (κ1) is 83.1. The first-order valence-corrected chi connectivity index (χ1v) is 40.8. The Kier molecular flexibility index (Phi) is 21.8. The van der Waals surface area contributed by atoms with Gasteiger partial charge in [0.05, 0.1) is 138 Å². The fourth-order valence-corrected chi connectivity index (χ4v) is 17.0. The number of carboxylic acids is 2. The van der Waals surface area contributed by atoms with E-state index in [0.29, 0.717) is 70.7 Å². The molecule has 0 amide bonds. The summed E-state index contributed by atoms with van der Waals surface area (Å²) in [6.45, 7) is 7.32. The third kappa shape index (κ3) is 15.0. The van der Waals surface area contributed by atoms with Gasteiger partial charge in [0.1, 0.15) is 28.9 Å². The summed E-state index contributed by atoms with van der Waals surface area (Å²) < 4.78 is 83.8. The third-order valence-corrected chi connectivity index (χ3v) is 23.9. The summed E-state index contributed by atoms with van der Waals surface area (Å²) in [6.07, 6.45) is 4.57. The van der Waals surface area contributed by atoms with E-state index in [1.807, 2.05) is 0 Å². The Labute approximate surface area is 708 Å². The second-order valence-electron chi connectivity index (χ2n) is 29.6. The summed E-state index contributed by atoms with van der Waals surface area (Å²) in [7, 11) is -3.98. The lowest BCUT2D eigenvalue weighted by atomic mass is 10.1. The Morgan fingerprint density at radius 2 is 0.935 bits per heavy atom. The molecule has 0 spiro atoms. The number of fused-ring (bicyclic) bond motifs is 9. The summed E-state index contributed by atoms with van der Waals surface area (Å²) in [6, 6.07) is 37.0. The maximum atomic E-state index is 15.1. The first-order chi connectivity index (χ1) is 59.2. The van der Waals surface area contributed by atoms with E-state index in [2.05, 4.69) is 40.1 Å². The van der Waals surface area contributed by atoms with Gasteiger partial charge in [-0.25, -0.2) is 69.2 Å². The van der Waals surface area contributed by atoms with Crippen LogP contribution in [0, 0.1) is 44.1 Å². The number of sulfone groups is 1. The van der Waals surface area contributed by atoms with Crippen LogP contribution < -0.4 is 39.5 Å². The molecule has 9 aromatic carbocycles. The number of nitrogens with zero attached hydrogens (tertiary/aromatic N) is 10. The molecule has 0 aliphatic carbocycles. The third-order valence-electron chi connectivity index (χ3n) is 21.3. The number of aryl methyl sites for hydroxylation is 3. The van der Waals surface area contributed by atoms with Crippen molar-refractivity contribution in [3.8, 4) is 17.1 Å². The molecule has 0 bridgehead atoms. The van der Waals surface area contributed by atoms with Crippen molar-refractivity contribution in [3.05, 3.63) is 310 Å². The topological polar surface area (TPSA) is 433 Å². The number of carbonyl (C=O) groups excluding carboxylic acids is 2. The number of benzene rings is 9. The number of H-pyrrole nitrogens is 5. The zero-order valence-corrected chi connectivity index (χ0v) is 68.6. The quantitative estimate of drug-likeness (QED) is 0.0275. The highest BCUT2D eigenvalue weighted by atomic mass is 35.5. The first-order valence-electron chi connectivity index (χ1n) is 37.8. The van der Waals surface area contributed by atoms with Gasteiger partial charge < -0.3 is 54.3 Å². The van der Waals surface area contributed by atoms with Crippen LogP contribution in [-0.2, 0) is 45.7 Å². The maximum Gasteiger partial charge on any atom is 0.354 e. The molecule has 124 heavy (non-hydrogen) atoms. The Morgan fingerprint density at radius 3 is 1.40 bits per heavy atom. The van der Waals surface area contributed by atoms with E-state index in [0.717, 1.165) is 13.7 Å². The van der Waals surface area contributed by atoms with E-state index < -0.39 is 96.0 Å². The van der Waals surface area contributed by atoms with Crippen molar-refractivity contribution < 1.29 is 55.7 Å². The maximum absolute atomic E-state index is 15.1. The van der Waals surface area contributed by atoms with Crippen molar-refractivity contribution >= 4 is 167 Å². The number of aromatic amines is 5. The molecule has 9 heterocycles. The molecule has 628 valence electrons. The Morgan fingerprint density at radius 1 is 0.508 bits per heavy atom. The van der Waals surface area contributed by atoms with Crippen LogP contribution in [-0.4, -0.2) is 132 Å². The second kappa shape index (κ2) is 32.5. The van der Waals surface area contributed by atoms with Gasteiger partial charge in [-0.1, -0.05) is 85.0 Å². The number of nitrogens with two attached hydrogens (primary N) is 1. The van der Waals surface area contributed by atoms with E-state index in [-0.39, 0.29) is 149 Å². The standard InChI is InChI=1S/C31H25ClFN5O6.C29H24ClFN6O5S.C26H17ClFN5O4/c1-15(2)30(42)44-14-36-13-34-23-9-17(20(32)10-25(23)36)12-37-24-11-21(33)16(3)8-19(24)26(27(37)29(40)41)38-28(39)18-6-4-5-7-22(18)35-31(38)43;1-15-8-19-24(11-21(15)31)36(13-17-9-16-12-33-35-23(16)10-20(17)30)27(25(38)14-43(41,42)7-6-32)26(19)37-28(39)18-4-2-3-5-22(18)34-29(37)40;1-12-6-15-21(9-17(12)28)32(10-13-7-19-20(8-16(13)27)30-11-29-19)23(25(35)36)22(15)33-24(34)14-4-2-3-5-18(14)31-26(33)37/h4-11,13,15H,12,14H2,1-3H3,(H,35,43)(H,40,41);2-5,8-12H,6-7,13-14,32H2,1H3,(H,33,35)(H,34,40);2-9,11H,10H2,1H3,(H,29,30)(H,31,37)(H,35,36). The minimum Gasteiger partial charge on any atom is -0.477 e. The van der Waals surface area contributed by atoms with Gasteiger partial charge in [0.2, 0.25) is 0 Å². The summed E-state index contributed by atoms with van der Waals surface area (Å²) in [4.78, 5) is 152. The fourth-order valence-electron chi connectivity index (χ4n) is 15.3.